The zero-order chi connectivity index (χ0) is 15.5. The predicted octanol–water partition coefficient (Wildman–Crippen LogP) is 2.97. The Morgan fingerprint density at radius 3 is 2.64 bits per heavy atom. The fourth-order valence-electron chi connectivity index (χ4n) is 2.28. The second kappa shape index (κ2) is 6.11. The first kappa shape index (κ1) is 14.5. The van der Waals surface area contributed by atoms with E-state index >= 15 is 0 Å². The van der Waals surface area contributed by atoms with Crippen LogP contribution in [0.15, 0.2) is 39.4 Å². The topological polar surface area (TPSA) is 68.2 Å². The summed E-state index contributed by atoms with van der Waals surface area (Å²) >= 11 is 0. The minimum absolute atomic E-state index is 0.560. The van der Waals surface area contributed by atoms with Crippen molar-refractivity contribution in [3.8, 4) is 11.4 Å². The van der Waals surface area contributed by atoms with Crippen molar-refractivity contribution < 1.29 is 9.05 Å². The maximum atomic E-state index is 5.33. The van der Waals surface area contributed by atoms with Gasteiger partial charge in [-0.1, -0.05) is 34.1 Å². The highest BCUT2D eigenvalue weighted by molar-refractivity contribution is 5.55. The number of hydrogen-bond donors (Lipinski definition) is 0. The van der Waals surface area contributed by atoms with Crippen LogP contribution in [-0.2, 0) is 13.1 Å². The lowest BCUT2D eigenvalue weighted by Gasteiger charge is -2.11. The van der Waals surface area contributed by atoms with E-state index in [9.17, 15) is 0 Å². The van der Waals surface area contributed by atoms with Crippen molar-refractivity contribution in [2.75, 3.05) is 7.05 Å². The molecule has 0 saturated heterocycles. The van der Waals surface area contributed by atoms with E-state index < -0.39 is 0 Å². The van der Waals surface area contributed by atoms with E-state index in [2.05, 4.69) is 15.3 Å². The number of aromatic nitrogens is 3. The molecular formula is C16H18N4O2. The highest BCUT2D eigenvalue weighted by Gasteiger charge is 2.12. The van der Waals surface area contributed by atoms with Crippen molar-refractivity contribution in [2.24, 2.45) is 0 Å². The van der Waals surface area contributed by atoms with E-state index in [1.165, 1.54) is 5.56 Å². The third-order valence-electron chi connectivity index (χ3n) is 3.26. The first-order valence-electron chi connectivity index (χ1n) is 7.10. The molecule has 3 rings (SSSR count). The zero-order valence-electron chi connectivity index (χ0n) is 12.9. The molecule has 0 aliphatic heterocycles. The Labute approximate surface area is 128 Å². The van der Waals surface area contributed by atoms with Crippen molar-refractivity contribution in [3.63, 3.8) is 0 Å². The lowest BCUT2D eigenvalue weighted by atomic mass is 10.1. The van der Waals surface area contributed by atoms with Crippen molar-refractivity contribution in [2.45, 2.75) is 26.9 Å². The van der Waals surface area contributed by atoms with Gasteiger partial charge < -0.3 is 9.05 Å². The SMILES string of the molecule is Cc1cccc(-c2noc(CN(C)Cc3cc(C)on3)n2)c1. The average Bonchev–Trinajstić information content (AvgIpc) is 3.08. The van der Waals surface area contributed by atoms with Crippen LogP contribution >= 0.6 is 0 Å². The maximum absolute atomic E-state index is 5.33. The Morgan fingerprint density at radius 1 is 1.05 bits per heavy atom. The summed E-state index contributed by atoms with van der Waals surface area (Å²) in [5, 5.41) is 8.02. The number of aryl methyl sites for hydroxylation is 2. The third-order valence-corrected chi connectivity index (χ3v) is 3.26. The molecule has 0 aliphatic carbocycles. The molecule has 0 amide bonds. The van der Waals surface area contributed by atoms with Crippen LogP contribution in [0.5, 0.6) is 0 Å². The van der Waals surface area contributed by atoms with Gasteiger partial charge in [-0.05, 0) is 27.0 Å². The first-order chi connectivity index (χ1) is 10.6. The zero-order valence-corrected chi connectivity index (χ0v) is 12.9. The minimum atomic E-state index is 0.560. The largest absolute Gasteiger partial charge is 0.361 e. The lowest BCUT2D eigenvalue weighted by molar-refractivity contribution is 0.254. The Bertz CT molecular complexity index is 763. The number of hydrogen-bond acceptors (Lipinski definition) is 6. The molecule has 2 aromatic heterocycles. The van der Waals surface area contributed by atoms with Crippen LogP contribution in [-0.4, -0.2) is 27.2 Å². The molecule has 3 aromatic rings. The van der Waals surface area contributed by atoms with Gasteiger partial charge in [0.1, 0.15) is 5.76 Å². The van der Waals surface area contributed by atoms with Crippen LogP contribution in [0.1, 0.15) is 22.9 Å². The highest BCUT2D eigenvalue weighted by Crippen LogP contribution is 2.17. The van der Waals surface area contributed by atoms with Gasteiger partial charge in [0.2, 0.25) is 11.7 Å². The first-order valence-corrected chi connectivity index (χ1v) is 7.10. The van der Waals surface area contributed by atoms with Gasteiger partial charge in [0.05, 0.1) is 12.2 Å². The third kappa shape index (κ3) is 3.40. The van der Waals surface area contributed by atoms with Crippen LogP contribution in [0.4, 0.5) is 0 Å². The molecule has 0 fully saturated rings. The van der Waals surface area contributed by atoms with Crippen molar-refractivity contribution in [1.29, 1.82) is 0 Å². The summed E-state index contributed by atoms with van der Waals surface area (Å²) in [6.07, 6.45) is 0. The smallest absolute Gasteiger partial charge is 0.241 e. The van der Waals surface area contributed by atoms with E-state index in [0.717, 1.165) is 17.0 Å². The summed E-state index contributed by atoms with van der Waals surface area (Å²) in [5.74, 6) is 2.01. The van der Waals surface area contributed by atoms with E-state index in [4.69, 9.17) is 9.05 Å². The molecule has 0 spiro atoms. The number of nitrogens with zero attached hydrogens (tertiary/aromatic N) is 4. The van der Waals surface area contributed by atoms with E-state index in [-0.39, 0.29) is 0 Å². The van der Waals surface area contributed by atoms with Crippen LogP contribution in [0.3, 0.4) is 0 Å². The molecule has 0 saturated carbocycles. The Hall–Kier alpha value is -2.47. The molecule has 0 aliphatic rings. The molecule has 0 unspecified atom stereocenters. The number of benzene rings is 1. The van der Waals surface area contributed by atoms with Gasteiger partial charge in [-0.2, -0.15) is 4.98 Å². The molecule has 6 heteroatoms. The molecule has 22 heavy (non-hydrogen) atoms. The summed E-state index contributed by atoms with van der Waals surface area (Å²) in [5.41, 5.74) is 3.02. The Balaban J connectivity index is 1.66. The minimum Gasteiger partial charge on any atom is -0.361 e. The fraction of sp³-hybridized carbons (Fsp3) is 0.312. The normalized spacial score (nSPS) is 11.3. The van der Waals surface area contributed by atoms with Gasteiger partial charge >= 0.3 is 0 Å². The van der Waals surface area contributed by atoms with Crippen LogP contribution in [0, 0.1) is 13.8 Å². The van der Waals surface area contributed by atoms with E-state index in [1.807, 2.05) is 56.1 Å². The van der Waals surface area contributed by atoms with Crippen LogP contribution < -0.4 is 0 Å². The monoisotopic (exact) mass is 298 g/mol. The van der Waals surface area contributed by atoms with Crippen molar-refractivity contribution in [1.82, 2.24) is 20.2 Å². The summed E-state index contributed by atoms with van der Waals surface area (Å²) < 4.78 is 10.4. The predicted molar refractivity (Wildman–Crippen MR) is 80.9 cm³/mol. The second-order valence-corrected chi connectivity index (χ2v) is 5.48. The summed E-state index contributed by atoms with van der Waals surface area (Å²) in [6, 6.07) is 9.96. The molecule has 0 bridgehead atoms. The molecule has 0 atom stereocenters. The maximum Gasteiger partial charge on any atom is 0.241 e. The molecule has 114 valence electrons. The highest BCUT2D eigenvalue weighted by atomic mass is 16.5. The summed E-state index contributed by atoms with van der Waals surface area (Å²) in [4.78, 5) is 6.49. The van der Waals surface area contributed by atoms with E-state index in [0.29, 0.717) is 24.8 Å². The summed E-state index contributed by atoms with van der Waals surface area (Å²) in [7, 11) is 1.97. The average molecular weight is 298 g/mol. The van der Waals surface area contributed by atoms with Gasteiger partial charge in [0.25, 0.3) is 0 Å². The molecule has 0 N–H and O–H groups in total. The summed E-state index contributed by atoms with van der Waals surface area (Å²) in [6.45, 7) is 5.14. The molecule has 6 nitrogen and oxygen atoms in total. The van der Waals surface area contributed by atoms with Crippen LogP contribution in [0.2, 0.25) is 0 Å². The van der Waals surface area contributed by atoms with Crippen molar-refractivity contribution in [3.05, 3.63) is 53.2 Å². The standard InChI is InChI=1S/C16H18N4O2/c1-11-5-4-6-13(7-11)16-17-15(22-19-16)10-20(3)9-14-8-12(2)21-18-14/h4-8H,9-10H2,1-3H3. The number of rotatable bonds is 5. The van der Waals surface area contributed by atoms with Gasteiger partial charge in [0, 0.05) is 18.2 Å². The molecular weight excluding hydrogens is 280 g/mol. The fourth-order valence-corrected chi connectivity index (χ4v) is 2.28. The molecule has 1 aromatic carbocycles. The van der Waals surface area contributed by atoms with Crippen LogP contribution in [0.25, 0.3) is 11.4 Å². The Morgan fingerprint density at radius 2 is 1.91 bits per heavy atom. The second-order valence-electron chi connectivity index (χ2n) is 5.48. The molecule has 2 heterocycles. The van der Waals surface area contributed by atoms with Gasteiger partial charge in [-0.25, -0.2) is 0 Å². The van der Waals surface area contributed by atoms with Gasteiger partial charge in [-0.3, -0.25) is 4.90 Å². The molecule has 0 radical (unpaired) electrons. The van der Waals surface area contributed by atoms with Crippen molar-refractivity contribution >= 4 is 0 Å². The van der Waals surface area contributed by atoms with E-state index in [1.54, 1.807) is 0 Å². The van der Waals surface area contributed by atoms with Gasteiger partial charge in [0.15, 0.2) is 0 Å². The Kier molecular flexibility index (Phi) is 4.02. The quantitative estimate of drug-likeness (QED) is 0.721. The lowest BCUT2D eigenvalue weighted by Crippen LogP contribution is -2.17. The van der Waals surface area contributed by atoms with Gasteiger partial charge in [-0.15, -0.1) is 0 Å².